The lowest BCUT2D eigenvalue weighted by Gasteiger charge is -2.12. The largest absolute Gasteiger partial charge is 0.490 e. The van der Waals surface area contributed by atoms with Crippen LogP contribution in [0.15, 0.2) is 36.5 Å². The van der Waals surface area contributed by atoms with E-state index >= 15 is 0 Å². The van der Waals surface area contributed by atoms with Gasteiger partial charge >= 0.3 is 7.12 Å². The molecule has 17 heavy (non-hydrogen) atoms. The van der Waals surface area contributed by atoms with Crippen molar-refractivity contribution >= 4 is 12.6 Å². The standard InChI is InChI=1S/C13H14BNO2/c1-9-5-3-6-10(2)12(9)13-11(14(16)17)7-4-8-15-13/h3-8,16-17H,1-2H3. The molecular weight excluding hydrogens is 213 g/mol. The highest BCUT2D eigenvalue weighted by molar-refractivity contribution is 6.60. The molecular formula is C13H14BNO2. The summed E-state index contributed by atoms with van der Waals surface area (Å²) < 4.78 is 0. The molecule has 0 aliphatic carbocycles. The Morgan fingerprint density at radius 3 is 2.24 bits per heavy atom. The molecule has 1 aromatic heterocycles. The lowest BCUT2D eigenvalue weighted by Crippen LogP contribution is -2.32. The van der Waals surface area contributed by atoms with Crippen LogP contribution in [0.1, 0.15) is 11.1 Å². The second kappa shape index (κ2) is 4.69. The molecule has 4 heteroatoms. The summed E-state index contributed by atoms with van der Waals surface area (Å²) in [6.07, 6.45) is 1.66. The van der Waals surface area contributed by atoms with Crippen LogP contribution < -0.4 is 5.46 Å². The summed E-state index contributed by atoms with van der Waals surface area (Å²) in [5.74, 6) is 0. The van der Waals surface area contributed by atoms with Gasteiger partial charge in [-0.05, 0) is 31.0 Å². The van der Waals surface area contributed by atoms with Crippen molar-refractivity contribution in [2.75, 3.05) is 0 Å². The van der Waals surface area contributed by atoms with Gasteiger partial charge in [0, 0.05) is 17.2 Å². The number of pyridine rings is 1. The Kier molecular flexibility index (Phi) is 3.27. The number of rotatable bonds is 2. The normalized spacial score (nSPS) is 10.4. The smallest absolute Gasteiger partial charge is 0.423 e. The summed E-state index contributed by atoms with van der Waals surface area (Å²) in [7, 11) is -1.50. The first-order chi connectivity index (χ1) is 8.11. The molecule has 86 valence electrons. The molecule has 0 fully saturated rings. The Bertz CT molecular complexity index is 520. The highest BCUT2D eigenvalue weighted by Crippen LogP contribution is 2.23. The van der Waals surface area contributed by atoms with Crippen molar-refractivity contribution < 1.29 is 10.0 Å². The third-order valence-corrected chi connectivity index (χ3v) is 2.84. The molecule has 3 nitrogen and oxygen atoms in total. The van der Waals surface area contributed by atoms with Gasteiger partial charge in [0.1, 0.15) is 0 Å². The molecule has 0 aliphatic heterocycles. The minimum absolute atomic E-state index is 0.435. The van der Waals surface area contributed by atoms with Crippen molar-refractivity contribution in [2.45, 2.75) is 13.8 Å². The molecule has 0 spiro atoms. The van der Waals surface area contributed by atoms with Gasteiger partial charge in [0.15, 0.2) is 0 Å². The predicted molar refractivity (Wildman–Crippen MR) is 69.0 cm³/mol. The van der Waals surface area contributed by atoms with Crippen LogP contribution in [-0.4, -0.2) is 22.2 Å². The zero-order chi connectivity index (χ0) is 12.4. The van der Waals surface area contributed by atoms with Gasteiger partial charge in [-0.25, -0.2) is 0 Å². The zero-order valence-electron chi connectivity index (χ0n) is 9.88. The third-order valence-electron chi connectivity index (χ3n) is 2.84. The SMILES string of the molecule is Cc1cccc(C)c1-c1ncccc1B(O)O. The van der Waals surface area contributed by atoms with Crippen LogP contribution in [0, 0.1) is 13.8 Å². The average molecular weight is 227 g/mol. The van der Waals surface area contributed by atoms with Crippen molar-refractivity contribution in [3.05, 3.63) is 47.7 Å². The molecule has 0 amide bonds. The van der Waals surface area contributed by atoms with Crippen LogP contribution in [0.25, 0.3) is 11.3 Å². The number of benzene rings is 1. The molecule has 2 N–H and O–H groups in total. The number of hydrogen-bond donors (Lipinski definition) is 2. The number of aromatic nitrogens is 1. The van der Waals surface area contributed by atoms with Gasteiger partial charge in [0.2, 0.25) is 0 Å². The first-order valence-electron chi connectivity index (χ1n) is 5.49. The Hall–Kier alpha value is -1.65. The van der Waals surface area contributed by atoms with Crippen LogP contribution in [-0.2, 0) is 0 Å². The van der Waals surface area contributed by atoms with Gasteiger partial charge in [0.05, 0.1) is 5.69 Å². The third kappa shape index (κ3) is 2.23. The van der Waals surface area contributed by atoms with E-state index in [1.165, 1.54) is 0 Å². The summed E-state index contributed by atoms with van der Waals surface area (Å²) >= 11 is 0. The molecule has 2 aromatic rings. The molecule has 0 atom stereocenters. The van der Waals surface area contributed by atoms with E-state index in [4.69, 9.17) is 0 Å². The van der Waals surface area contributed by atoms with E-state index in [1.54, 1.807) is 18.3 Å². The van der Waals surface area contributed by atoms with Crippen molar-refractivity contribution in [1.29, 1.82) is 0 Å². The highest BCUT2D eigenvalue weighted by Gasteiger charge is 2.19. The van der Waals surface area contributed by atoms with Gasteiger partial charge in [-0.1, -0.05) is 24.3 Å². The van der Waals surface area contributed by atoms with Crippen molar-refractivity contribution in [3.8, 4) is 11.3 Å². The van der Waals surface area contributed by atoms with E-state index in [-0.39, 0.29) is 0 Å². The second-order valence-electron chi connectivity index (χ2n) is 4.08. The predicted octanol–water partition coefficient (Wildman–Crippen LogP) is 1.05. The van der Waals surface area contributed by atoms with E-state index in [2.05, 4.69) is 4.98 Å². The molecule has 0 saturated heterocycles. The van der Waals surface area contributed by atoms with Crippen molar-refractivity contribution in [1.82, 2.24) is 4.98 Å². The molecule has 0 saturated carbocycles. The van der Waals surface area contributed by atoms with E-state index in [0.717, 1.165) is 16.7 Å². The minimum Gasteiger partial charge on any atom is -0.423 e. The number of hydrogen-bond acceptors (Lipinski definition) is 3. The molecule has 0 aliphatic rings. The molecule has 0 bridgehead atoms. The molecule has 0 radical (unpaired) electrons. The minimum atomic E-state index is -1.50. The fraction of sp³-hybridized carbons (Fsp3) is 0.154. The molecule has 1 heterocycles. The topological polar surface area (TPSA) is 53.4 Å². The Labute approximate surface area is 101 Å². The van der Waals surface area contributed by atoms with Gasteiger partial charge in [-0.15, -0.1) is 0 Å². The summed E-state index contributed by atoms with van der Waals surface area (Å²) in [5.41, 5.74) is 4.19. The monoisotopic (exact) mass is 227 g/mol. The van der Waals surface area contributed by atoms with E-state index in [9.17, 15) is 10.0 Å². The first kappa shape index (κ1) is 11.8. The van der Waals surface area contributed by atoms with Gasteiger partial charge in [-0.3, -0.25) is 4.98 Å². The van der Waals surface area contributed by atoms with Crippen LogP contribution in [0.3, 0.4) is 0 Å². The lowest BCUT2D eigenvalue weighted by molar-refractivity contribution is 0.426. The maximum atomic E-state index is 9.36. The number of nitrogens with zero attached hydrogens (tertiary/aromatic N) is 1. The van der Waals surface area contributed by atoms with Crippen LogP contribution in [0.5, 0.6) is 0 Å². The fourth-order valence-electron chi connectivity index (χ4n) is 2.02. The van der Waals surface area contributed by atoms with Gasteiger partial charge < -0.3 is 10.0 Å². The van der Waals surface area contributed by atoms with Crippen LogP contribution in [0.4, 0.5) is 0 Å². The summed E-state index contributed by atoms with van der Waals surface area (Å²) in [6.45, 7) is 3.98. The van der Waals surface area contributed by atoms with Crippen molar-refractivity contribution in [2.24, 2.45) is 0 Å². The van der Waals surface area contributed by atoms with Gasteiger partial charge in [0.25, 0.3) is 0 Å². The van der Waals surface area contributed by atoms with E-state index < -0.39 is 7.12 Å². The quantitative estimate of drug-likeness (QED) is 0.754. The van der Waals surface area contributed by atoms with Crippen LogP contribution in [0.2, 0.25) is 0 Å². The Balaban J connectivity index is 2.69. The van der Waals surface area contributed by atoms with Crippen LogP contribution >= 0.6 is 0 Å². The zero-order valence-corrected chi connectivity index (χ0v) is 9.88. The molecule has 2 rings (SSSR count). The number of aryl methyl sites for hydroxylation is 2. The summed E-state index contributed by atoms with van der Waals surface area (Å²) in [4.78, 5) is 4.27. The first-order valence-corrected chi connectivity index (χ1v) is 5.49. The summed E-state index contributed by atoms with van der Waals surface area (Å²) in [5, 5.41) is 18.7. The fourth-order valence-corrected chi connectivity index (χ4v) is 2.02. The Morgan fingerprint density at radius 1 is 1.00 bits per heavy atom. The maximum Gasteiger partial charge on any atom is 0.490 e. The Morgan fingerprint density at radius 2 is 1.65 bits per heavy atom. The summed E-state index contributed by atoms with van der Waals surface area (Å²) in [6, 6.07) is 9.34. The van der Waals surface area contributed by atoms with Crippen molar-refractivity contribution in [3.63, 3.8) is 0 Å². The van der Waals surface area contributed by atoms with E-state index in [1.807, 2.05) is 32.0 Å². The second-order valence-corrected chi connectivity index (χ2v) is 4.08. The molecule has 0 unspecified atom stereocenters. The maximum absolute atomic E-state index is 9.36. The molecule has 1 aromatic carbocycles. The van der Waals surface area contributed by atoms with Gasteiger partial charge in [-0.2, -0.15) is 0 Å². The highest BCUT2D eigenvalue weighted by atomic mass is 16.4. The van der Waals surface area contributed by atoms with E-state index in [0.29, 0.717) is 11.2 Å². The average Bonchev–Trinajstić information content (AvgIpc) is 2.29. The lowest BCUT2D eigenvalue weighted by atomic mass is 9.76.